The van der Waals surface area contributed by atoms with E-state index >= 15 is 0 Å². The van der Waals surface area contributed by atoms with Crippen molar-refractivity contribution < 1.29 is 4.79 Å². The van der Waals surface area contributed by atoms with E-state index < -0.39 is 0 Å². The van der Waals surface area contributed by atoms with Crippen LogP contribution in [0.25, 0.3) is 22.0 Å². The van der Waals surface area contributed by atoms with Crippen molar-refractivity contribution in [2.45, 2.75) is 13.8 Å². The summed E-state index contributed by atoms with van der Waals surface area (Å²) in [6.07, 6.45) is 0. The average molecular weight is 423 g/mol. The van der Waals surface area contributed by atoms with Gasteiger partial charge in [-0.3, -0.25) is 4.79 Å². The number of carbonyl (C=O) groups is 1. The first-order chi connectivity index (χ1) is 15.6. The first-order valence-corrected chi connectivity index (χ1v) is 11.0. The predicted octanol–water partition coefficient (Wildman–Crippen LogP) is 4.88. The average Bonchev–Trinajstić information content (AvgIpc) is 2.84. The molecule has 0 spiro atoms. The summed E-state index contributed by atoms with van der Waals surface area (Å²) in [7, 11) is 0. The third-order valence-corrected chi connectivity index (χ3v) is 6.16. The highest BCUT2D eigenvalue weighted by Crippen LogP contribution is 2.32. The molecule has 4 aromatic rings. The number of fused-ring (bicyclic) bond motifs is 1. The standard InChI is InChI=1S/C27H26N4O/c1-19-7-11-21(12-8-19)25-23-5-3-4-6-24(23)26(29-28-25)30-15-17-31(18-16-30)27(32)22-13-9-20(2)10-14-22/h3-14H,15-18H2,1-2H3. The van der Waals surface area contributed by atoms with E-state index in [1.54, 1.807) is 0 Å². The summed E-state index contributed by atoms with van der Waals surface area (Å²) in [5.74, 6) is 0.981. The van der Waals surface area contributed by atoms with E-state index in [1.165, 1.54) is 5.56 Å². The monoisotopic (exact) mass is 422 g/mol. The van der Waals surface area contributed by atoms with Crippen LogP contribution in [0.5, 0.6) is 0 Å². The Kier molecular flexibility index (Phi) is 5.31. The van der Waals surface area contributed by atoms with Gasteiger partial charge < -0.3 is 9.80 Å². The Hall–Kier alpha value is -3.73. The molecule has 5 rings (SSSR count). The van der Waals surface area contributed by atoms with Gasteiger partial charge in [0.15, 0.2) is 5.82 Å². The van der Waals surface area contributed by atoms with Gasteiger partial charge in [0.05, 0.1) is 0 Å². The number of benzene rings is 3. The van der Waals surface area contributed by atoms with E-state index in [0.29, 0.717) is 13.1 Å². The number of carbonyl (C=O) groups excluding carboxylic acids is 1. The maximum atomic E-state index is 12.9. The summed E-state index contributed by atoms with van der Waals surface area (Å²) in [6, 6.07) is 24.5. The van der Waals surface area contributed by atoms with Crippen molar-refractivity contribution in [3.05, 3.63) is 89.5 Å². The molecule has 0 radical (unpaired) electrons. The molecule has 1 aromatic heterocycles. The topological polar surface area (TPSA) is 49.3 Å². The maximum Gasteiger partial charge on any atom is 0.253 e. The molecular formula is C27H26N4O. The lowest BCUT2D eigenvalue weighted by atomic mass is 10.0. The molecule has 1 saturated heterocycles. The van der Waals surface area contributed by atoms with Crippen molar-refractivity contribution >= 4 is 22.5 Å². The number of piperazine rings is 1. The lowest BCUT2D eigenvalue weighted by Gasteiger charge is -2.35. The molecule has 160 valence electrons. The maximum absolute atomic E-state index is 12.9. The van der Waals surface area contributed by atoms with Crippen molar-refractivity contribution in [2.75, 3.05) is 31.1 Å². The number of amides is 1. The second-order valence-electron chi connectivity index (χ2n) is 8.43. The van der Waals surface area contributed by atoms with Crippen molar-refractivity contribution in [2.24, 2.45) is 0 Å². The van der Waals surface area contributed by atoms with Crippen LogP contribution in [0.3, 0.4) is 0 Å². The van der Waals surface area contributed by atoms with Gasteiger partial charge in [0, 0.05) is 48.1 Å². The number of nitrogens with zero attached hydrogens (tertiary/aromatic N) is 4. The smallest absolute Gasteiger partial charge is 0.253 e. The molecule has 0 N–H and O–H groups in total. The Morgan fingerprint density at radius 1 is 0.719 bits per heavy atom. The minimum absolute atomic E-state index is 0.0929. The van der Waals surface area contributed by atoms with Crippen LogP contribution in [0.4, 0.5) is 5.82 Å². The molecule has 1 aliphatic rings. The van der Waals surface area contributed by atoms with Crippen molar-refractivity contribution in [3.8, 4) is 11.3 Å². The van der Waals surface area contributed by atoms with E-state index in [0.717, 1.165) is 52.1 Å². The van der Waals surface area contributed by atoms with Crippen LogP contribution in [0.1, 0.15) is 21.5 Å². The third-order valence-electron chi connectivity index (χ3n) is 6.16. The van der Waals surface area contributed by atoms with Crippen LogP contribution in [-0.2, 0) is 0 Å². The highest BCUT2D eigenvalue weighted by atomic mass is 16.2. The molecule has 0 saturated carbocycles. The van der Waals surface area contributed by atoms with E-state index in [4.69, 9.17) is 0 Å². The predicted molar refractivity (Wildman–Crippen MR) is 129 cm³/mol. The molecule has 0 bridgehead atoms. The second-order valence-corrected chi connectivity index (χ2v) is 8.43. The SMILES string of the molecule is Cc1ccc(C(=O)N2CCN(c3nnc(-c4ccc(C)cc4)c4ccccc34)CC2)cc1. The van der Waals surface area contributed by atoms with E-state index in [-0.39, 0.29) is 5.91 Å². The summed E-state index contributed by atoms with van der Waals surface area (Å²) < 4.78 is 0. The van der Waals surface area contributed by atoms with Gasteiger partial charge in [-0.15, -0.1) is 10.2 Å². The quantitative estimate of drug-likeness (QED) is 0.472. The number of anilines is 1. The lowest BCUT2D eigenvalue weighted by molar-refractivity contribution is 0.0746. The van der Waals surface area contributed by atoms with Crippen molar-refractivity contribution in [1.82, 2.24) is 15.1 Å². The fourth-order valence-electron chi connectivity index (χ4n) is 4.25. The van der Waals surface area contributed by atoms with Crippen LogP contribution < -0.4 is 4.90 Å². The van der Waals surface area contributed by atoms with E-state index in [9.17, 15) is 4.79 Å². The zero-order valence-electron chi connectivity index (χ0n) is 18.5. The summed E-state index contributed by atoms with van der Waals surface area (Å²) in [5.41, 5.74) is 5.10. The Labute approximate surface area is 188 Å². The molecule has 0 atom stereocenters. The Morgan fingerprint density at radius 2 is 1.31 bits per heavy atom. The molecule has 32 heavy (non-hydrogen) atoms. The van der Waals surface area contributed by atoms with Gasteiger partial charge in [-0.05, 0) is 26.0 Å². The Balaban J connectivity index is 1.39. The van der Waals surface area contributed by atoms with Gasteiger partial charge in [-0.1, -0.05) is 71.8 Å². The molecule has 0 aliphatic carbocycles. The second kappa shape index (κ2) is 8.42. The Bertz CT molecular complexity index is 1260. The minimum Gasteiger partial charge on any atom is -0.351 e. The normalized spacial score (nSPS) is 14.1. The number of hydrogen-bond donors (Lipinski definition) is 0. The molecule has 3 aromatic carbocycles. The van der Waals surface area contributed by atoms with Crippen LogP contribution in [0.15, 0.2) is 72.8 Å². The molecule has 1 aliphatic heterocycles. The van der Waals surface area contributed by atoms with Crippen molar-refractivity contribution in [3.63, 3.8) is 0 Å². The lowest BCUT2D eigenvalue weighted by Crippen LogP contribution is -2.49. The van der Waals surface area contributed by atoms with Crippen LogP contribution >= 0.6 is 0 Å². The summed E-state index contributed by atoms with van der Waals surface area (Å²) >= 11 is 0. The van der Waals surface area contributed by atoms with Crippen LogP contribution in [0.2, 0.25) is 0 Å². The first kappa shape index (κ1) is 20.2. The molecule has 1 amide bonds. The zero-order valence-corrected chi connectivity index (χ0v) is 18.5. The van der Waals surface area contributed by atoms with Gasteiger partial charge in [0.2, 0.25) is 0 Å². The summed E-state index contributed by atoms with van der Waals surface area (Å²) in [5, 5.41) is 11.4. The van der Waals surface area contributed by atoms with Gasteiger partial charge in [-0.25, -0.2) is 0 Å². The van der Waals surface area contributed by atoms with Gasteiger partial charge >= 0.3 is 0 Å². The molecule has 2 heterocycles. The summed E-state index contributed by atoms with van der Waals surface area (Å²) in [6.45, 7) is 6.92. The largest absolute Gasteiger partial charge is 0.351 e. The molecule has 5 nitrogen and oxygen atoms in total. The van der Waals surface area contributed by atoms with Crippen LogP contribution in [0, 0.1) is 13.8 Å². The highest BCUT2D eigenvalue weighted by Gasteiger charge is 2.24. The van der Waals surface area contributed by atoms with Gasteiger partial charge in [-0.2, -0.15) is 0 Å². The number of rotatable bonds is 3. The highest BCUT2D eigenvalue weighted by molar-refractivity contribution is 6.00. The number of aromatic nitrogens is 2. The fraction of sp³-hybridized carbons (Fsp3) is 0.222. The molecule has 0 unspecified atom stereocenters. The zero-order chi connectivity index (χ0) is 22.1. The number of aryl methyl sites for hydroxylation is 2. The number of hydrogen-bond acceptors (Lipinski definition) is 4. The molecule has 5 heteroatoms. The molecule has 1 fully saturated rings. The fourth-order valence-corrected chi connectivity index (χ4v) is 4.25. The van der Waals surface area contributed by atoms with Crippen LogP contribution in [-0.4, -0.2) is 47.2 Å². The Morgan fingerprint density at radius 3 is 1.97 bits per heavy atom. The van der Waals surface area contributed by atoms with Crippen molar-refractivity contribution in [1.29, 1.82) is 0 Å². The first-order valence-electron chi connectivity index (χ1n) is 11.0. The van der Waals surface area contributed by atoms with Gasteiger partial charge in [0.1, 0.15) is 5.69 Å². The summed E-state index contributed by atoms with van der Waals surface area (Å²) in [4.78, 5) is 17.0. The van der Waals surface area contributed by atoms with E-state index in [2.05, 4.69) is 58.4 Å². The minimum atomic E-state index is 0.0929. The van der Waals surface area contributed by atoms with E-state index in [1.807, 2.05) is 48.2 Å². The third kappa shape index (κ3) is 3.82. The molecular weight excluding hydrogens is 396 g/mol. The van der Waals surface area contributed by atoms with Gasteiger partial charge in [0.25, 0.3) is 5.91 Å².